The summed E-state index contributed by atoms with van der Waals surface area (Å²) in [6, 6.07) is 9.15. The first-order valence-corrected chi connectivity index (χ1v) is 8.04. The van der Waals surface area contributed by atoms with Crippen molar-refractivity contribution < 1.29 is 19.4 Å². The Hall–Kier alpha value is -2.05. The van der Waals surface area contributed by atoms with E-state index in [1.54, 1.807) is 23.5 Å². The van der Waals surface area contributed by atoms with Gasteiger partial charge in [-0.2, -0.15) is 11.3 Å². The molecule has 1 aromatic heterocycles. The molecule has 2 unspecified atom stereocenters. The highest BCUT2D eigenvalue weighted by molar-refractivity contribution is 7.07. The molecule has 0 aliphatic carbocycles. The number of ether oxygens (including phenoxy) is 2. The van der Waals surface area contributed by atoms with Crippen LogP contribution in [0.2, 0.25) is 0 Å². The van der Waals surface area contributed by atoms with Crippen molar-refractivity contribution in [3.05, 3.63) is 46.7 Å². The highest BCUT2D eigenvalue weighted by Crippen LogP contribution is 2.30. The summed E-state index contributed by atoms with van der Waals surface area (Å²) in [5, 5.41) is 16.6. The fourth-order valence-corrected chi connectivity index (χ4v) is 2.93. The van der Waals surface area contributed by atoms with Gasteiger partial charge in [-0.3, -0.25) is 4.79 Å². The van der Waals surface area contributed by atoms with Crippen LogP contribution in [-0.2, 0) is 4.79 Å². The predicted molar refractivity (Wildman–Crippen MR) is 83.3 cm³/mol. The first kappa shape index (κ1) is 14.9. The van der Waals surface area contributed by atoms with Gasteiger partial charge in [0.25, 0.3) is 5.91 Å². The smallest absolute Gasteiger partial charge is 0.264 e. The van der Waals surface area contributed by atoms with E-state index in [1.807, 2.05) is 29.0 Å². The molecule has 2 aromatic rings. The number of aliphatic hydroxyl groups is 1. The second kappa shape index (κ2) is 6.81. The molecular weight excluding hydrogens is 302 g/mol. The number of hydrogen-bond acceptors (Lipinski definition) is 5. The van der Waals surface area contributed by atoms with Crippen LogP contribution in [0.4, 0.5) is 0 Å². The number of benzene rings is 1. The minimum absolute atomic E-state index is 0.190. The second-order valence-corrected chi connectivity index (χ2v) is 5.80. The molecule has 5 nitrogen and oxygen atoms in total. The van der Waals surface area contributed by atoms with Gasteiger partial charge in [0.2, 0.25) is 6.10 Å². The van der Waals surface area contributed by atoms with Crippen molar-refractivity contribution in [1.82, 2.24) is 5.32 Å². The molecule has 2 heterocycles. The van der Waals surface area contributed by atoms with Crippen molar-refractivity contribution in [2.45, 2.75) is 18.6 Å². The van der Waals surface area contributed by atoms with E-state index < -0.39 is 12.2 Å². The number of amides is 1. The quantitative estimate of drug-likeness (QED) is 0.886. The fraction of sp³-hybridized carbons (Fsp3) is 0.312. The molecule has 1 amide bonds. The third kappa shape index (κ3) is 3.40. The molecule has 0 saturated carbocycles. The van der Waals surface area contributed by atoms with E-state index in [0.717, 1.165) is 5.56 Å². The van der Waals surface area contributed by atoms with Gasteiger partial charge in [-0.15, -0.1) is 0 Å². The highest BCUT2D eigenvalue weighted by atomic mass is 32.1. The molecule has 0 fully saturated rings. The van der Waals surface area contributed by atoms with Crippen LogP contribution in [-0.4, -0.2) is 30.3 Å². The van der Waals surface area contributed by atoms with Crippen LogP contribution in [0.25, 0.3) is 0 Å². The topological polar surface area (TPSA) is 67.8 Å². The van der Waals surface area contributed by atoms with Gasteiger partial charge in [-0.1, -0.05) is 12.1 Å². The Bertz CT molecular complexity index is 629. The molecule has 0 bridgehead atoms. The Kier molecular flexibility index (Phi) is 4.60. The molecule has 1 aliphatic heterocycles. The van der Waals surface area contributed by atoms with E-state index in [2.05, 4.69) is 5.32 Å². The van der Waals surface area contributed by atoms with Crippen LogP contribution in [0.5, 0.6) is 11.5 Å². The van der Waals surface area contributed by atoms with E-state index in [9.17, 15) is 9.90 Å². The summed E-state index contributed by atoms with van der Waals surface area (Å²) in [6.45, 7) is 0.577. The van der Waals surface area contributed by atoms with Gasteiger partial charge in [-0.25, -0.2) is 0 Å². The molecule has 2 atom stereocenters. The molecule has 0 radical (unpaired) electrons. The Balaban J connectivity index is 1.47. The monoisotopic (exact) mass is 319 g/mol. The number of fused-ring (bicyclic) bond motifs is 1. The molecule has 0 spiro atoms. The number of para-hydroxylation sites is 2. The summed E-state index contributed by atoms with van der Waals surface area (Å²) in [4.78, 5) is 12.1. The largest absolute Gasteiger partial charge is 0.485 e. The summed E-state index contributed by atoms with van der Waals surface area (Å²) in [6.07, 6.45) is -0.754. The normalized spacial score (nSPS) is 17.8. The third-order valence-corrected chi connectivity index (χ3v) is 4.15. The maximum atomic E-state index is 12.1. The first-order valence-electron chi connectivity index (χ1n) is 7.10. The van der Waals surface area contributed by atoms with E-state index in [-0.39, 0.29) is 12.5 Å². The molecule has 0 saturated heterocycles. The number of carbonyl (C=O) groups excluding carboxylic acids is 1. The Morgan fingerprint density at radius 1 is 1.36 bits per heavy atom. The maximum absolute atomic E-state index is 12.1. The third-order valence-electron chi connectivity index (χ3n) is 3.45. The van der Waals surface area contributed by atoms with Crippen molar-refractivity contribution in [2.24, 2.45) is 0 Å². The van der Waals surface area contributed by atoms with Crippen LogP contribution in [0.3, 0.4) is 0 Å². The molecule has 2 N–H and O–H groups in total. The lowest BCUT2D eigenvalue weighted by Gasteiger charge is -2.25. The summed E-state index contributed by atoms with van der Waals surface area (Å²) in [5.41, 5.74) is 0.880. The highest BCUT2D eigenvalue weighted by Gasteiger charge is 2.27. The molecule has 22 heavy (non-hydrogen) atoms. The van der Waals surface area contributed by atoms with E-state index in [4.69, 9.17) is 9.47 Å². The molecule has 116 valence electrons. The van der Waals surface area contributed by atoms with Crippen molar-refractivity contribution in [3.8, 4) is 11.5 Å². The van der Waals surface area contributed by atoms with Crippen molar-refractivity contribution >= 4 is 17.2 Å². The SMILES string of the molecule is O=C(NCCC(O)c1ccsc1)C1COc2ccccc2O1. The Morgan fingerprint density at radius 3 is 2.95 bits per heavy atom. The molecule has 1 aliphatic rings. The lowest BCUT2D eigenvalue weighted by Crippen LogP contribution is -2.44. The average Bonchev–Trinajstić information content (AvgIpc) is 3.08. The fourth-order valence-electron chi connectivity index (χ4n) is 2.23. The summed E-state index contributed by atoms with van der Waals surface area (Å²) in [7, 11) is 0. The molecular formula is C16H17NO4S. The van der Waals surface area contributed by atoms with Crippen molar-refractivity contribution in [3.63, 3.8) is 0 Å². The van der Waals surface area contributed by atoms with Crippen molar-refractivity contribution in [2.75, 3.05) is 13.2 Å². The van der Waals surface area contributed by atoms with Crippen LogP contribution >= 0.6 is 11.3 Å². The number of nitrogens with one attached hydrogen (secondary N) is 1. The zero-order valence-corrected chi connectivity index (χ0v) is 12.7. The number of hydrogen-bond donors (Lipinski definition) is 2. The van der Waals surface area contributed by atoms with Gasteiger partial charge in [0.15, 0.2) is 11.5 Å². The zero-order chi connectivity index (χ0) is 15.4. The van der Waals surface area contributed by atoms with Crippen LogP contribution in [0, 0.1) is 0 Å². The Morgan fingerprint density at radius 2 is 2.18 bits per heavy atom. The zero-order valence-electron chi connectivity index (χ0n) is 11.9. The lowest BCUT2D eigenvalue weighted by molar-refractivity contribution is -0.130. The van der Waals surface area contributed by atoms with Gasteiger partial charge < -0.3 is 19.9 Å². The minimum Gasteiger partial charge on any atom is -0.485 e. The lowest BCUT2D eigenvalue weighted by atomic mass is 10.1. The van der Waals surface area contributed by atoms with Gasteiger partial charge in [0.1, 0.15) is 6.61 Å². The number of aliphatic hydroxyl groups excluding tert-OH is 1. The van der Waals surface area contributed by atoms with Crippen molar-refractivity contribution in [1.29, 1.82) is 0 Å². The van der Waals surface area contributed by atoms with Crippen LogP contribution in [0.1, 0.15) is 18.1 Å². The van der Waals surface area contributed by atoms with E-state index >= 15 is 0 Å². The predicted octanol–water partition coefficient (Wildman–Crippen LogP) is 2.13. The minimum atomic E-state index is -0.659. The Labute approximate surface area is 132 Å². The number of thiophene rings is 1. The maximum Gasteiger partial charge on any atom is 0.264 e. The van der Waals surface area contributed by atoms with Gasteiger partial charge in [0.05, 0.1) is 6.10 Å². The summed E-state index contributed by atoms with van der Waals surface area (Å²) in [5.74, 6) is 0.999. The first-order chi connectivity index (χ1) is 10.7. The number of carbonyl (C=O) groups is 1. The van der Waals surface area contributed by atoms with Gasteiger partial charge in [0, 0.05) is 6.54 Å². The number of rotatable bonds is 5. The van der Waals surface area contributed by atoms with Gasteiger partial charge >= 0.3 is 0 Å². The van der Waals surface area contributed by atoms with Crippen LogP contribution in [0.15, 0.2) is 41.1 Å². The molecule has 6 heteroatoms. The standard InChI is InChI=1S/C16H17NO4S/c18-12(11-6-8-22-10-11)5-7-17-16(19)15-9-20-13-3-1-2-4-14(13)21-15/h1-4,6,8,10,12,15,18H,5,7,9H2,(H,17,19). The summed E-state index contributed by atoms with van der Waals surface area (Å²) < 4.78 is 11.1. The van der Waals surface area contributed by atoms with Crippen LogP contribution < -0.4 is 14.8 Å². The van der Waals surface area contributed by atoms with Gasteiger partial charge in [-0.05, 0) is 40.9 Å². The average molecular weight is 319 g/mol. The van der Waals surface area contributed by atoms with E-state index in [1.165, 1.54) is 0 Å². The molecule has 1 aromatic carbocycles. The van der Waals surface area contributed by atoms with E-state index in [0.29, 0.717) is 24.5 Å². The summed E-state index contributed by atoms with van der Waals surface area (Å²) >= 11 is 1.54. The molecule has 3 rings (SSSR count). The second-order valence-electron chi connectivity index (χ2n) is 5.02.